The molecule has 1 aromatic carbocycles. The summed E-state index contributed by atoms with van der Waals surface area (Å²) in [5, 5.41) is 3.49. The molecule has 1 aliphatic rings. The first kappa shape index (κ1) is 14.2. The van der Waals surface area contributed by atoms with E-state index in [1.54, 1.807) is 0 Å². The maximum atomic E-state index is 5.59. The molecule has 0 aliphatic carbocycles. The minimum Gasteiger partial charge on any atom is -0.486 e. The van der Waals surface area contributed by atoms with Gasteiger partial charge in [0, 0.05) is 18.6 Å². The quantitative estimate of drug-likeness (QED) is 0.880. The van der Waals surface area contributed by atoms with Gasteiger partial charge < -0.3 is 19.7 Å². The monoisotopic (exact) mass is 264 g/mol. The molecular formula is C15H24N2O2. The summed E-state index contributed by atoms with van der Waals surface area (Å²) in [5.41, 5.74) is 1.37. The van der Waals surface area contributed by atoms with E-state index >= 15 is 0 Å². The maximum Gasteiger partial charge on any atom is 0.161 e. The van der Waals surface area contributed by atoms with Crippen molar-refractivity contribution in [2.24, 2.45) is 0 Å². The van der Waals surface area contributed by atoms with E-state index in [0.29, 0.717) is 13.2 Å². The highest BCUT2D eigenvalue weighted by molar-refractivity contribution is 5.43. The summed E-state index contributed by atoms with van der Waals surface area (Å²) in [6.45, 7) is 7.51. The average molecular weight is 264 g/mol. The molecule has 0 amide bonds. The Labute approximate surface area is 115 Å². The molecule has 0 fully saturated rings. The van der Waals surface area contributed by atoms with Crippen molar-refractivity contribution >= 4 is 0 Å². The van der Waals surface area contributed by atoms with Crippen molar-refractivity contribution in [1.29, 1.82) is 0 Å². The molecule has 1 aliphatic heterocycles. The summed E-state index contributed by atoms with van der Waals surface area (Å²) in [4.78, 5) is 2.23. The molecular weight excluding hydrogens is 240 g/mol. The van der Waals surface area contributed by atoms with Crippen LogP contribution >= 0.6 is 0 Å². The van der Waals surface area contributed by atoms with Crippen LogP contribution in [-0.4, -0.2) is 44.3 Å². The normalized spacial score (nSPS) is 14.8. The number of nitrogens with zero attached hydrogens (tertiary/aromatic N) is 1. The number of benzene rings is 1. The zero-order chi connectivity index (χ0) is 13.9. The lowest BCUT2D eigenvalue weighted by atomic mass is 10.0. The van der Waals surface area contributed by atoms with E-state index in [2.05, 4.69) is 50.3 Å². The Morgan fingerprint density at radius 2 is 1.84 bits per heavy atom. The number of hydrogen-bond acceptors (Lipinski definition) is 4. The fourth-order valence-electron chi connectivity index (χ4n) is 1.87. The second-order valence-corrected chi connectivity index (χ2v) is 5.79. The highest BCUT2D eigenvalue weighted by Crippen LogP contribution is 2.30. The largest absolute Gasteiger partial charge is 0.486 e. The van der Waals surface area contributed by atoms with Gasteiger partial charge in [0.15, 0.2) is 11.5 Å². The summed E-state index contributed by atoms with van der Waals surface area (Å²) in [7, 11) is 4.21. The van der Waals surface area contributed by atoms with Gasteiger partial charge in [0.2, 0.25) is 0 Å². The number of likely N-dealkylation sites (N-methyl/N-ethyl adjacent to an activating group) is 1. The SMILES string of the molecule is CN(C)C(C)(C)CNCc1ccc2c(c1)OCCO2. The molecule has 0 spiro atoms. The Hall–Kier alpha value is -1.26. The molecule has 0 aromatic heterocycles. The Bertz CT molecular complexity index is 430. The molecule has 0 bridgehead atoms. The lowest BCUT2D eigenvalue weighted by Gasteiger charge is -2.32. The van der Waals surface area contributed by atoms with Crippen LogP contribution in [0.15, 0.2) is 18.2 Å². The van der Waals surface area contributed by atoms with Gasteiger partial charge in [0.1, 0.15) is 13.2 Å². The van der Waals surface area contributed by atoms with Gasteiger partial charge in [-0.05, 0) is 45.6 Å². The predicted octanol–water partition coefficient (Wildman–Crippen LogP) is 1.89. The lowest BCUT2D eigenvalue weighted by molar-refractivity contribution is 0.171. The highest BCUT2D eigenvalue weighted by Gasteiger charge is 2.19. The van der Waals surface area contributed by atoms with Crippen LogP contribution in [0.4, 0.5) is 0 Å². The first-order valence-electron chi connectivity index (χ1n) is 6.76. The zero-order valence-electron chi connectivity index (χ0n) is 12.3. The lowest BCUT2D eigenvalue weighted by Crippen LogP contribution is -2.46. The minimum atomic E-state index is 0.147. The van der Waals surface area contributed by atoms with Crippen LogP contribution < -0.4 is 14.8 Å². The summed E-state index contributed by atoms with van der Waals surface area (Å²) in [6.07, 6.45) is 0. The van der Waals surface area contributed by atoms with E-state index in [9.17, 15) is 0 Å². The van der Waals surface area contributed by atoms with Gasteiger partial charge in [-0.2, -0.15) is 0 Å². The Kier molecular flexibility index (Phi) is 4.32. The molecule has 0 saturated heterocycles. The Balaban J connectivity index is 1.90. The van der Waals surface area contributed by atoms with E-state index in [4.69, 9.17) is 9.47 Å². The van der Waals surface area contributed by atoms with Crippen molar-refractivity contribution in [3.63, 3.8) is 0 Å². The van der Waals surface area contributed by atoms with Crippen molar-refractivity contribution in [2.75, 3.05) is 33.9 Å². The summed E-state index contributed by atoms with van der Waals surface area (Å²) in [6, 6.07) is 6.13. The Morgan fingerprint density at radius 3 is 2.53 bits per heavy atom. The van der Waals surface area contributed by atoms with Crippen LogP contribution in [0.25, 0.3) is 0 Å². The van der Waals surface area contributed by atoms with Gasteiger partial charge in [-0.25, -0.2) is 0 Å². The number of ether oxygens (including phenoxy) is 2. The van der Waals surface area contributed by atoms with Crippen molar-refractivity contribution in [2.45, 2.75) is 25.9 Å². The number of fused-ring (bicyclic) bond motifs is 1. The molecule has 19 heavy (non-hydrogen) atoms. The van der Waals surface area contributed by atoms with Gasteiger partial charge >= 0.3 is 0 Å². The van der Waals surface area contributed by atoms with Crippen molar-refractivity contribution in [3.8, 4) is 11.5 Å². The smallest absolute Gasteiger partial charge is 0.161 e. The van der Waals surface area contributed by atoms with Crippen LogP contribution in [0.2, 0.25) is 0 Å². The fraction of sp³-hybridized carbons (Fsp3) is 0.600. The molecule has 2 rings (SSSR count). The predicted molar refractivity (Wildman–Crippen MR) is 76.9 cm³/mol. The molecule has 4 nitrogen and oxygen atoms in total. The number of hydrogen-bond donors (Lipinski definition) is 1. The average Bonchev–Trinajstić information content (AvgIpc) is 2.38. The van der Waals surface area contributed by atoms with E-state index < -0.39 is 0 Å². The third-order valence-corrected chi connectivity index (χ3v) is 3.70. The van der Waals surface area contributed by atoms with E-state index in [0.717, 1.165) is 24.6 Å². The van der Waals surface area contributed by atoms with Crippen LogP contribution in [0.3, 0.4) is 0 Å². The molecule has 0 atom stereocenters. The van der Waals surface area contributed by atoms with Gasteiger partial charge in [-0.3, -0.25) is 0 Å². The minimum absolute atomic E-state index is 0.147. The first-order valence-corrected chi connectivity index (χ1v) is 6.76. The molecule has 0 unspecified atom stereocenters. The van der Waals surface area contributed by atoms with Crippen LogP contribution in [0.1, 0.15) is 19.4 Å². The van der Waals surface area contributed by atoms with Gasteiger partial charge in [0.25, 0.3) is 0 Å². The molecule has 0 saturated carbocycles. The second kappa shape index (κ2) is 5.80. The van der Waals surface area contributed by atoms with Crippen LogP contribution in [0.5, 0.6) is 11.5 Å². The fourth-order valence-corrected chi connectivity index (χ4v) is 1.87. The first-order chi connectivity index (χ1) is 8.99. The standard InChI is InChI=1S/C15H24N2O2/c1-15(2,17(3)4)11-16-10-12-5-6-13-14(9-12)19-8-7-18-13/h5-6,9,16H,7-8,10-11H2,1-4H3. The van der Waals surface area contributed by atoms with Crippen molar-refractivity contribution in [1.82, 2.24) is 10.2 Å². The molecule has 106 valence electrons. The van der Waals surface area contributed by atoms with E-state index in [-0.39, 0.29) is 5.54 Å². The van der Waals surface area contributed by atoms with Crippen LogP contribution in [-0.2, 0) is 6.54 Å². The Morgan fingerprint density at radius 1 is 1.16 bits per heavy atom. The number of rotatable bonds is 5. The summed E-state index contributed by atoms with van der Waals surface area (Å²) < 4.78 is 11.1. The van der Waals surface area contributed by atoms with Crippen molar-refractivity contribution in [3.05, 3.63) is 23.8 Å². The third-order valence-electron chi connectivity index (χ3n) is 3.70. The maximum absolute atomic E-state index is 5.59. The van der Waals surface area contributed by atoms with E-state index in [1.165, 1.54) is 5.56 Å². The molecule has 4 heteroatoms. The molecule has 1 N–H and O–H groups in total. The summed E-state index contributed by atoms with van der Waals surface area (Å²) >= 11 is 0. The van der Waals surface area contributed by atoms with E-state index in [1.807, 2.05) is 6.07 Å². The van der Waals surface area contributed by atoms with Gasteiger partial charge in [-0.15, -0.1) is 0 Å². The molecule has 1 aromatic rings. The summed E-state index contributed by atoms with van der Waals surface area (Å²) in [5.74, 6) is 1.71. The van der Waals surface area contributed by atoms with Gasteiger partial charge in [-0.1, -0.05) is 6.07 Å². The van der Waals surface area contributed by atoms with Gasteiger partial charge in [0.05, 0.1) is 0 Å². The van der Waals surface area contributed by atoms with Crippen LogP contribution in [0, 0.1) is 0 Å². The second-order valence-electron chi connectivity index (χ2n) is 5.79. The van der Waals surface area contributed by atoms with Crippen molar-refractivity contribution < 1.29 is 9.47 Å². The zero-order valence-corrected chi connectivity index (χ0v) is 12.3. The highest BCUT2D eigenvalue weighted by atomic mass is 16.6. The third kappa shape index (κ3) is 3.61. The number of nitrogens with one attached hydrogen (secondary N) is 1. The molecule has 1 heterocycles. The topological polar surface area (TPSA) is 33.7 Å². The molecule has 0 radical (unpaired) electrons.